The Morgan fingerprint density at radius 2 is 2.06 bits per heavy atom. The van der Waals surface area contributed by atoms with Gasteiger partial charge in [0.2, 0.25) is 5.82 Å². The monoisotopic (exact) mass is 235 g/mol. The first-order chi connectivity index (χ1) is 8.20. The number of aromatic carboxylic acids is 1. The summed E-state index contributed by atoms with van der Waals surface area (Å²) in [4.78, 5) is 21.2. The van der Waals surface area contributed by atoms with Crippen molar-refractivity contribution in [3.05, 3.63) is 17.6 Å². The predicted octanol–water partition coefficient (Wildman–Crippen LogP) is 1.73. The van der Waals surface area contributed by atoms with Crippen molar-refractivity contribution in [3.63, 3.8) is 0 Å². The van der Waals surface area contributed by atoms with E-state index < -0.39 is 5.97 Å². The van der Waals surface area contributed by atoms with E-state index in [2.05, 4.69) is 14.9 Å². The van der Waals surface area contributed by atoms with Crippen LogP contribution >= 0.6 is 0 Å². The molecule has 1 aliphatic rings. The third kappa shape index (κ3) is 2.72. The van der Waals surface area contributed by atoms with Crippen LogP contribution in [-0.4, -0.2) is 34.1 Å². The van der Waals surface area contributed by atoms with Gasteiger partial charge in [-0.05, 0) is 25.7 Å². The van der Waals surface area contributed by atoms with E-state index in [0.717, 1.165) is 43.9 Å². The molecule has 0 spiro atoms. The van der Waals surface area contributed by atoms with Gasteiger partial charge in [-0.15, -0.1) is 0 Å². The first-order valence-electron chi connectivity index (χ1n) is 6.07. The zero-order chi connectivity index (χ0) is 12.3. The number of rotatable bonds is 3. The van der Waals surface area contributed by atoms with Gasteiger partial charge in [0.15, 0.2) is 0 Å². The Kier molecular flexibility index (Phi) is 3.56. The molecule has 1 fully saturated rings. The van der Waals surface area contributed by atoms with Crippen LogP contribution < -0.4 is 4.90 Å². The second-order valence-electron chi connectivity index (χ2n) is 4.25. The highest BCUT2D eigenvalue weighted by Gasteiger charge is 2.16. The molecule has 0 bridgehead atoms. The van der Waals surface area contributed by atoms with Crippen molar-refractivity contribution in [2.45, 2.75) is 32.6 Å². The number of aromatic nitrogens is 2. The number of carbonyl (C=O) groups is 1. The minimum absolute atomic E-state index is 0.0927. The number of anilines is 1. The summed E-state index contributed by atoms with van der Waals surface area (Å²) >= 11 is 0. The Labute approximate surface area is 100 Å². The van der Waals surface area contributed by atoms with Crippen LogP contribution in [-0.2, 0) is 6.42 Å². The fraction of sp³-hybridized carbons (Fsp3) is 0.583. The number of hydrogen-bond donors (Lipinski definition) is 1. The van der Waals surface area contributed by atoms with Crippen molar-refractivity contribution in [2.75, 3.05) is 18.0 Å². The Morgan fingerprint density at radius 3 is 2.65 bits per heavy atom. The van der Waals surface area contributed by atoms with Crippen LogP contribution in [0.2, 0.25) is 0 Å². The lowest BCUT2D eigenvalue weighted by Crippen LogP contribution is -2.31. The van der Waals surface area contributed by atoms with Crippen LogP contribution in [0.4, 0.5) is 5.82 Å². The number of nitrogens with zero attached hydrogens (tertiary/aromatic N) is 3. The van der Waals surface area contributed by atoms with E-state index in [1.807, 2.05) is 13.0 Å². The third-order valence-corrected chi connectivity index (χ3v) is 3.00. The first-order valence-corrected chi connectivity index (χ1v) is 6.07. The predicted molar refractivity (Wildman–Crippen MR) is 64.4 cm³/mol. The average molecular weight is 235 g/mol. The minimum atomic E-state index is -1.06. The summed E-state index contributed by atoms with van der Waals surface area (Å²) in [6.07, 6.45) is 4.26. The molecule has 0 atom stereocenters. The number of hydrogen-bond acceptors (Lipinski definition) is 4. The van der Waals surface area contributed by atoms with E-state index >= 15 is 0 Å². The molecule has 0 aliphatic carbocycles. The maximum atomic E-state index is 11.0. The van der Waals surface area contributed by atoms with Crippen LogP contribution in [0.25, 0.3) is 0 Å². The zero-order valence-electron chi connectivity index (χ0n) is 10.0. The van der Waals surface area contributed by atoms with E-state index in [9.17, 15) is 4.79 Å². The SMILES string of the molecule is CCc1cc(N2CCCCC2)nc(C(=O)O)n1. The molecule has 0 saturated carbocycles. The Balaban J connectivity index is 2.31. The number of carboxylic acid groups (broad SMARTS) is 1. The molecule has 0 aromatic carbocycles. The quantitative estimate of drug-likeness (QED) is 0.864. The van der Waals surface area contributed by atoms with E-state index in [-0.39, 0.29) is 5.82 Å². The Morgan fingerprint density at radius 1 is 1.35 bits per heavy atom. The normalized spacial score (nSPS) is 15.9. The van der Waals surface area contributed by atoms with Gasteiger partial charge in [-0.1, -0.05) is 6.92 Å². The van der Waals surface area contributed by atoms with Gasteiger partial charge in [0.05, 0.1) is 0 Å². The molecular formula is C12H17N3O2. The Bertz CT molecular complexity index is 414. The molecule has 0 unspecified atom stereocenters. The highest BCUT2D eigenvalue weighted by atomic mass is 16.4. The molecule has 2 heterocycles. The second kappa shape index (κ2) is 5.12. The third-order valence-electron chi connectivity index (χ3n) is 3.00. The van der Waals surface area contributed by atoms with Gasteiger partial charge in [0, 0.05) is 24.8 Å². The van der Waals surface area contributed by atoms with Gasteiger partial charge in [0.1, 0.15) is 5.82 Å². The first kappa shape index (κ1) is 11.8. The van der Waals surface area contributed by atoms with Crippen molar-refractivity contribution in [2.24, 2.45) is 0 Å². The molecule has 0 radical (unpaired) electrons. The topological polar surface area (TPSA) is 66.3 Å². The van der Waals surface area contributed by atoms with Crippen LogP contribution in [0.3, 0.4) is 0 Å². The molecule has 1 saturated heterocycles. The van der Waals surface area contributed by atoms with Crippen LogP contribution in [0.15, 0.2) is 6.07 Å². The lowest BCUT2D eigenvalue weighted by molar-refractivity contribution is 0.0683. The molecule has 1 aromatic rings. The van der Waals surface area contributed by atoms with E-state index in [1.165, 1.54) is 6.42 Å². The molecule has 17 heavy (non-hydrogen) atoms. The lowest BCUT2D eigenvalue weighted by Gasteiger charge is -2.27. The van der Waals surface area contributed by atoms with Crippen molar-refractivity contribution in [1.82, 2.24) is 9.97 Å². The minimum Gasteiger partial charge on any atom is -0.475 e. The summed E-state index contributed by atoms with van der Waals surface area (Å²) in [5.74, 6) is -0.391. The molecule has 2 rings (SSSR count). The van der Waals surface area contributed by atoms with Crippen molar-refractivity contribution < 1.29 is 9.90 Å². The molecule has 5 heteroatoms. The fourth-order valence-corrected chi connectivity index (χ4v) is 2.04. The van der Waals surface area contributed by atoms with Crippen LogP contribution in [0, 0.1) is 0 Å². The largest absolute Gasteiger partial charge is 0.475 e. The van der Waals surface area contributed by atoms with Gasteiger partial charge in [-0.2, -0.15) is 0 Å². The summed E-state index contributed by atoms with van der Waals surface area (Å²) in [6.45, 7) is 3.88. The van der Waals surface area contributed by atoms with Crippen LogP contribution in [0.1, 0.15) is 42.5 Å². The summed E-state index contributed by atoms with van der Waals surface area (Å²) < 4.78 is 0. The smallest absolute Gasteiger partial charge is 0.374 e. The standard InChI is InChI=1S/C12H17N3O2/c1-2-9-8-10(14-11(13-9)12(16)17)15-6-4-3-5-7-15/h8H,2-7H2,1H3,(H,16,17). The van der Waals surface area contributed by atoms with E-state index in [4.69, 9.17) is 5.11 Å². The Hall–Kier alpha value is -1.65. The van der Waals surface area contributed by atoms with Gasteiger partial charge in [0.25, 0.3) is 0 Å². The summed E-state index contributed by atoms with van der Waals surface area (Å²) in [5, 5.41) is 8.98. The summed E-state index contributed by atoms with van der Waals surface area (Å²) in [7, 11) is 0. The van der Waals surface area contributed by atoms with Gasteiger partial charge >= 0.3 is 5.97 Å². The number of piperidine rings is 1. The van der Waals surface area contributed by atoms with Gasteiger partial charge < -0.3 is 10.0 Å². The highest BCUT2D eigenvalue weighted by molar-refractivity contribution is 5.83. The number of carboxylic acids is 1. The zero-order valence-corrected chi connectivity index (χ0v) is 10.0. The highest BCUT2D eigenvalue weighted by Crippen LogP contribution is 2.18. The lowest BCUT2D eigenvalue weighted by atomic mass is 10.1. The van der Waals surface area contributed by atoms with Gasteiger partial charge in [-0.3, -0.25) is 0 Å². The summed E-state index contributed by atoms with van der Waals surface area (Å²) in [5.41, 5.74) is 0.790. The molecule has 1 aliphatic heterocycles. The van der Waals surface area contributed by atoms with E-state index in [1.54, 1.807) is 0 Å². The second-order valence-corrected chi connectivity index (χ2v) is 4.25. The molecule has 0 amide bonds. The van der Waals surface area contributed by atoms with E-state index in [0.29, 0.717) is 0 Å². The van der Waals surface area contributed by atoms with Crippen molar-refractivity contribution in [1.29, 1.82) is 0 Å². The molecule has 92 valence electrons. The van der Waals surface area contributed by atoms with Crippen molar-refractivity contribution >= 4 is 11.8 Å². The maximum Gasteiger partial charge on any atom is 0.374 e. The van der Waals surface area contributed by atoms with Crippen molar-refractivity contribution in [3.8, 4) is 0 Å². The van der Waals surface area contributed by atoms with Gasteiger partial charge in [-0.25, -0.2) is 14.8 Å². The molecule has 5 nitrogen and oxygen atoms in total. The molecular weight excluding hydrogens is 218 g/mol. The average Bonchev–Trinajstić information content (AvgIpc) is 2.39. The molecule has 1 aromatic heterocycles. The summed E-state index contributed by atoms with van der Waals surface area (Å²) in [6, 6.07) is 1.90. The number of aryl methyl sites for hydroxylation is 1. The maximum absolute atomic E-state index is 11.0. The fourth-order valence-electron chi connectivity index (χ4n) is 2.04. The van der Waals surface area contributed by atoms with Crippen LogP contribution in [0.5, 0.6) is 0 Å². The molecule has 1 N–H and O–H groups in total.